The number of hydrogen-bond acceptors (Lipinski definition) is 5. The van der Waals surface area contributed by atoms with Crippen LogP contribution in [0.2, 0.25) is 0 Å². The van der Waals surface area contributed by atoms with Crippen LogP contribution in [0.15, 0.2) is 59.5 Å². The highest BCUT2D eigenvalue weighted by Gasteiger charge is 2.38. The van der Waals surface area contributed by atoms with Gasteiger partial charge in [0, 0.05) is 18.3 Å². The van der Waals surface area contributed by atoms with Crippen LogP contribution in [-0.4, -0.2) is 46.5 Å². The van der Waals surface area contributed by atoms with E-state index in [9.17, 15) is 21.6 Å². The Balaban J connectivity index is 1.81. The van der Waals surface area contributed by atoms with E-state index in [0.717, 1.165) is 5.69 Å². The minimum atomic E-state index is -3.73. The maximum Gasteiger partial charge on any atom is 0.258 e. The lowest BCUT2D eigenvalue weighted by Crippen LogP contribution is -2.26. The molecule has 6 nitrogen and oxygen atoms in total. The molecule has 1 atom stereocenters. The van der Waals surface area contributed by atoms with Gasteiger partial charge in [0.15, 0.2) is 19.7 Å². The molecule has 2 aromatic rings. The molecular formula is C18H19NO5S2. The van der Waals surface area contributed by atoms with Crippen LogP contribution in [0, 0.1) is 0 Å². The second kappa shape index (κ2) is 6.85. The summed E-state index contributed by atoms with van der Waals surface area (Å²) in [5.74, 6) is -0.703. The van der Waals surface area contributed by atoms with Gasteiger partial charge in [0.1, 0.15) is 0 Å². The number of anilines is 1. The van der Waals surface area contributed by atoms with Gasteiger partial charge in [0.25, 0.3) is 5.91 Å². The molecular weight excluding hydrogens is 374 g/mol. The van der Waals surface area contributed by atoms with E-state index in [2.05, 4.69) is 0 Å². The number of sulfone groups is 2. The van der Waals surface area contributed by atoms with Crippen LogP contribution in [0.5, 0.6) is 0 Å². The van der Waals surface area contributed by atoms with E-state index in [1.807, 2.05) is 18.2 Å². The van der Waals surface area contributed by atoms with Crippen molar-refractivity contribution in [2.75, 3.05) is 23.5 Å². The summed E-state index contributed by atoms with van der Waals surface area (Å²) < 4.78 is 48.3. The summed E-state index contributed by atoms with van der Waals surface area (Å²) in [6.07, 6.45) is 0.113. The van der Waals surface area contributed by atoms with E-state index in [-0.39, 0.29) is 28.7 Å². The Hall–Kier alpha value is -2.19. The first-order valence-corrected chi connectivity index (χ1v) is 11.4. The molecule has 26 heavy (non-hydrogen) atoms. The van der Waals surface area contributed by atoms with Crippen molar-refractivity contribution in [3.8, 4) is 0 Å². The highest BCUT2D eigenvalue weighted by atomic mass is 32.2. The second-order valence-corrected chi connectivity index (χ2v) is 10.8. The van der Waals surface area contributed by atoms with E-state index in [1.54, 1.807) is 19.2 Å². The standard InChI is InChI=1S/C18H19NO5S2/c1-19(15-5-3-2-4-6-15)18(20)14-7-9-16(10-8-14)26(23,24)17-11-12-25(21,22)13-17/h2-10,17H,11-13H2,1H3. The first-order valence-electron chi connectivity index (χ1n) is 8.08. The molecule has 0 N–H and O–H groups in total. The average molecular weight is 393 g/mol. The summed E-state index contributed by atoms with van der Waals surface area (Å²) in [4.78, 5) is 14.1. The molecule has 8 heteroatoms. The molecule has 1 unspecified atom stereocenters. The van der Waals surface area contributed by atoms with Crippen LogP contribution in [0.4, 0.5) is 5.69 Å². The summed E-state index contributed by atoms with van der Waals surface area (Å²) in [6.45, 7) is 0. The number of benzene rings is 2. The number of para-hydroxylation sites is 1. The summed E-state index contributed by atoms with van der Waals surface area (Å²) in [5, 5.41) is -0.916. The first-order chi connectivity index (χ1) is 12.2. The van der Waals surface area contributed by atoms with Crippen LogP contribution in [0.25, 0.3) is 0 Å². The molecule has 0 aliphatic carbocycles. The highest BCUT2D eigenvalue weighted by molar-refractivity contribution is 7.96. The zero-order valence-electron chi connectivity index (χ0n) is 14.2. The fourth-order valence-corrected chi connectivity index (χ4v) is 7.31. The van der Waals surface area contributed by atoms with E-state index < -0.39 is 24.9 Å². The Morgan fingerprint density at radius 3 is 2.19 bits per heavy atom. The molecule has 2 aromatic carbocycles. The van der Waals surface area contributed by atoms with E-state index in [1.165, 1.54) is 29.2 Å². The predicted molar refractivity (Wildman–Crippen MR) is 99.9 cm³/mol. The third-order valence-electron chi connectivity index (χ3n) is 4.51. The summed E-state index contributed by atoms with van der Waals surface area (Å²) >= 11 is 0. The molecule has 3 rings (SSSR count). The maximum absolute atomic E-state index is 12.6. The third-order valence-corrected chi connectivity index (χ3v) is 8.70. The van der Waals surface area contributed by atoms with Crippen molar-refractivity contribution in [2.24, 2.45) is 0 Å². The van der Waals surface area contributed by atoms with Gasteiger partial charge in [-0.1, -0.05) is 18.2 Å². The van der Waals surface area contributed by atoms with Crippen LogP contribution < -0.4 is 4.90 Å². The van der Waals surface area contributed by atoms with Gasteiger partial charge in [0.2, 0.25) is 0 Å². The van der Waals surface area contributed by atoms with Gasteiger partial charge < -0.3 is 4.90 Å². The Labute approximate surface area is 153 Å². The lowest BCUT2D eigenvalue weighted by molar-refractivity contribution is 0.0993. The molecule has 0 aromatic heterocycles. The summed E-state index contributed by atoms with van der Waals surface area (Å²) in [5.41, 5.74) is 1.08. The number of carbonyl (C=O) groups excluding carboxylic acids is 1. The molecule has 1 aliphatic heterocycles. The van der Waals surface area contributed by atoms with Gasteiger partial charge in [-0.05, 0) is 42.8 Å². The van der Waals surface area contributed by atoms with Gasteiger partial charge in [-0.3, -0.25) is 4.79 Å². The molecule has 1 saturated heterocycles. The molecule has 1 heterocycles. The Morgan fingerprint density at radius 1 is 1.04 bits per heavy atom. The maximum atomic E-state index is 12.6. The fraction of sp³-hybridized carbons (Fsp3) is 0.278. The van der Waals surface area contributed by atoms with Crippen molar-refractivity contribution < 1.29 is 21.6 Å². The SMILES string of the molecule is CN(C(=O)c1ccc(S(=O)(=O)C2CCS(=O)(=O)C2)cc1)c1ccccc1. The minimum Gasteiger partial charge on any atom is -0.311 e. The molecule has 0 spiro atoms. The van der Waals surface area contributed by atoms with Gasteiger partial charge >= 0.3 is 0 Å². The summed E-state index contributed by atoms with van der Waals surface area (Å²) in [7, 11) is -5.37. The largest absolute Gasteiger partial charge is 0.311 e. The average Bonchev–Trinajstić information content (AvgIpc) is 3.02. The van der Waals surface area contributed by atoms with Gasteiger partial charge in [0.05, 0.1) is 21.7 Å². The second-order valence-electron chi connectivity index (χ2n) is 6.29. The zero-order chi connectivity index (χ0) is 18.9. The van der Waals surface area contributed by atoms with Crippen LogP contribution in [-0.2, 0) is 19.7 Å². The minimum absolute atomic E-state index is 0.0403. The Bertz CT molecular complexity index is 1010. The van der Waals surface area contributed by atoms with Crippen molar-refractivity contribution >= 4 is 31.3 Å². The highest BCUT2D eigenvalue weighted by Crippen LogP contribution is 2.26. The molecule has 0 saturated carbocycles. The first kappa shape index (κ1) is 18.6. The van der Waals surface area contributed by atoms with Gasteiger partial charge in [-0.25, -0.2) is 16.8 Å². The van der Waals surface area contributed by atoms with Crippen molar-refractivity contribution in [1.82, 2.24) is 0 Å². The number of amides is 1. The zero-order valence-corrected chi connectivity index (χ0v) is 15.8. The van der Waals surface area contributed by atoms with Crippen molar-refractivity contribution in [2.45, 2.75) is 16.6 Å². The third kappa shape index (κ3) is 3.66. The van der Waals surface area contributed by atoms with E-state index in [0.29, 0.717) is 5.56 Å². The Kier molecular flexibility index (Phi) is 4.90. The van der Waals surface area contributed by atoms with Gasteiger partial charge in [-0.2, -0.15) is 0 Å². The van der Waals surface area contributed by atoms with Crippen molar-refractivity contribution in [1.29, 1.82) is 0 Å². The normalized spacial score (nSPS) is 19.2. The molecule has 1 fully saturated rings. The van der Waals surface area contributed by atoms with E-state index in [4.69, 9.17) is 0 Å². The fourth-order valence-electron chi connectivity index (χ4n) is 2.95. The predicted octanol–water partition coefficient (Wildman–Crippen LogP) is 1.92. The van der Waals surface area contributed by atoms with Crippen molar-refractivity contribution in [3.05, 3.63) is 60.2 Å². The van der Waals surface area contributed by atoms with Gasteiger partial charge in [-0.15, -0.1) is 0 Å². The number of carbonyl (C=O) groups is 1. The number of hydrogen-bond donors (Lipinski definition) is 0. The number of nitrogens with zero attached hydrogens (tertiary/aromatic N) is 1. The van der Waals surface area contributed by atoms with Crippen LogP contribution in [0.3, 0.4) is 0 Å². The van der Waals surface area contributed by atoms with Crippen LogP contribution in [0.1, 0.15) is 16.8 Å². The van der Waals surface area contributed by atoms with Crippen LogP contribution >= 0.6 is 0 Å². The van der Waals surface area contributed by atoms with E-state index >= 15 is 0 Å². The molecule has 0 radical (unpaired) electrons. The van der Waals surface area contributed by atoms with Crippen molar-refractivity contribution in [3.63, 3.8) is 0 Å². The Morgan fingerprint density at radius 2 is 1.65 bits per heavy atom. The topological polar surface area (TPSA) is 88.6 Å². The molecule has 138 valence electrons. The quantitative estimate of drug-likeness (QED) is 0.792. The number of rotatable bonds is 4. The molecule has 0 bridgehead atoms. The lowest BCUT2D eigenvalue weighted by atomic mass is 10.2. The molecule has 1 amide bonds. The summed E-state index contributed by atoms with van der Waals surface area (Å²) in [6, 6.07) is 14.8. The lowest BCUT2D eigenvalue weighted by Gasteiger charge is -2.17. The monoisotopic (exact) mass is 393 g/mol. The smallest absolute Gasteiger partial charge is 0.258 e. The molecule has 1 aliphatic rings.